The topological polar surface area (TPSA) is 26.3 Å². The van der Waals surface area contributed by atoms with E-state index in [0.29, 0.717) is 12.5 Å². The lowest BCUT2D eigenvalue weighted by Gasteiger charge is -2.22. The minimum atomic E-state index is -0.0241. The van der Waals surface area contributed by atoms with Crippen LogP contribution >= 0.6 is 0 Å². The molecule has 2 nitrogen and oxygen atoms in total. The number of unbranched alkanes of at least 4 members (excludes halogenated alkanes) is 1. The van der Waals surface area contributed by atoms with E-state index in [1.807, 2.05) is 0 Å². The Morgan fingerprint density at radius 1 is 1.22 bits per heavy atom. The van der Waals surface area contributed by atoms with Crippen molar-refractivity contribution in [2.75, 3.05) is 0 Å². The molecule has 1 aromatic carbocycles. The van der Waals surface area contributed by atoms with E-state index in [9.17, 15) is 4.79 Å². The fraction of sp³-hybridized carbons (Fsp3) is 0.667. The molecule has 0 saturated heterocycles. The van der Waals surface area contributed by atoms with Gasteiger partial charge in [-0.2, -0.15) is 0 Å². The molecular weight excluding hydrogens is 284 g/mol. The summed E-state index contributed by atoms with van der Waals surface area (Å²) in [7, 11) is 0. The molecule has 0 spiro atoms. The van der Waals surface area contributed by atoms with Crippen molar-refractivity contribution in [3.05, 3.63) is 35.4 Å². The van der Waals surface area contributed by atoms with Crippen LogP contribution in [0.1, 0.15) is 88.7 Å². The fourth-order valence-corrected chi connectivity index (χ4v) is 3.58. The first kappa shape index (κ1) is 18.0. The number of rotatable bonds is 8. The molecule has 2 rings (SSSR count). The van der Waals surface area contributed by atoms with Gasteiger partial charge in [0.05, 0.1) is 5.92 Å². The first-order valence-corrected chi connectivity index (χ1v) is 9.50. The van der Waals surface area contributed by atoms with E-state index < -0.39 is 0 Å². The third-order valence-corrected chi connectivity index (χ3v) is 5.14. The highest BCUT2D eigenvalue weighted by molar-refractivity contribution is 5.72. The largest absolute Gasteiger partial charge is 0.461 e. The molecule has 1 aromatic rings. The van der Waals surface area contributed by atoms with Crippen molar-refractivity contribution in [1.29, 1.82) is 0 Å². The third-order valence-electron chi connectivity index (χ3n) is 5.14. The van der Waals surface area contributed by atoms with Crippen LogP contribution < -0.4 is 0 Å². The van der Waals surface area contributed by atoms with Crippen LogP contribution in [0.25, 0.3) is 0 Å². The molecule has 1 atom stereocenters. The number of hydrogen-bond acceptors (Lipinski definition) is 2. The maximum absolute atomic E-state index is 12.2. The Labute approximate surface area is 141 Å². The Balaban J connectivity index is 1.88. The van der Waals surface area contributed by atoms with Gasteiger partial charge < -0.3 is 4.74 Å². The SMILES string of the molecule is CCCCC(CC)C(=O)OCc1cccc(C2CCCCC2)c1. The summed E-state index contributed by atoms with van der Waals surface area (Å²) in [5.74, 6) is 0.743. The summed E-state index contributed by atoms with van der Waals surface area (Å²) in [4.78, 5) is 12.2. The van der Waals surface area contributed by atoms with Gasteiger partial charge in [0.2, 0.25) is 0 Å². The van der Waals surface area contributed by atoms with Gasteiger partial charge in [-0.25, -0.2) is 0 Å². The van der Waals surface area contributed by atoms with E-state index in [1.165, 1.54) is 37.7 Å². The number of ether oxygens (including phenoxy) is 1. The number of hydrogen-bond donors (Lipinski definition) is 0. The van der Waals surface area contributed by atoms with Gasteiger partial charge in [-0.15, -0.1) is 0 Å². The molecule has 23 heavy (non-hydrogen) atoms. The van der Waals surface area contributed by atoms with Crippen molar-refractivity contribution in [1.82, 2.24) is 0 Å². The molecule has 1 aliphatic carbocycles. The van der Waals surface area contributed by atoms with Gasteiger partial charge in [0.25, 0.3) is 0 Å². The Bertz CT molecular complexity index is 474. The minimum absolute atomic E-state index is 0.0241. The van der Waals surface area contributed by atoms with Crippen molar-refractivity contribution in [2.45, 2.75) is 84.2 Å². The maximum atomic E-state index is 12.2. The van der Waals surface area contributed by atoms with Crippen LogP contribution in [0.5, 0.6) is 0 Å². The summed E-state index contributed by atoms with van der Waals surface area (Å²) in [6.07, 6.45) is 10.7. The number of esters is 1. The van der Waals surface area contributed by atoms with E-state index in [1.54, 1.807) is 0 Å². The van der Waals surface area contributed by atoms with Gasteiger partial charge in [0.15, 0.2) is 0 Å². The smallest absolute Gasteiger partial charge is 0.309 e. The van der Waals surface area contributed by atoms with Crippen LogP contribution in [0.2, 0.25) is 0 Å². The van der Waals surface area contributed by atoms with Crippen LogP contribution in [-0.2, 0) is 16.1 Å². The van der Waals surface area contributed by atoms with Gasteiger partial charge in [-0.1, -0.05) is 70.2 Å². The molecule has 0 aromatic heterocycles. The Morgan fingerprint density at radius 3 is 2.70 bits per heavy atom. The molecule has 0 amide bonds. The van der Waals surface area contributed by atoms with Crippen molar-refractivity contribution >= 4 is 5.97 Å². The van der Waals surface area contributed by atoms with E-state index in [-0.39, 0.29) is 11.9 Å². The lowest BCUT2D eigenvalue weighted by Crippen LogP contribution is -2.17. The molecular formula is C21H32O2. The van der Waals surface area contributed by atoms with Crippen molar-refractivity contribution in [2.24, 2.45) is 5.92 Å². The molecule has 2 heteroatoms. The number of benzene rings is 1. The predicted molar refractivity (Wildman–Crippen MR) is 95.4 cm³/mol. The molecule has 1 unspecified atom stereocenters. The van der Waals surface area contributed by atoms with Gasteiger partial charge in [0.1, 0.15) is 6.61 Å². The van der Waals surface area contributed by atoms with Crippen molar-refractivity contribution in [3.8, 4) is 0 Å². The summed E-state index contributed by atoms with van der Waals surface area (Å²) in [6, 6.07) is 8.67. The first-order valence-electron chi connectivity index (χ1n) is 9.50. The average molecular weight is 316 g/mol. The van der Waals surface area contributed by atoms with Crippen LogP contribution in [0.15, 0.2) is 24.3 Å². The van der Waals surface area contributed by atoms with Gasteiger partial charge >= 0.3 is 5.97 Å². The highest BCUT2D eigenvalue weighted by Crippen LogP contribution is 2.32. The Morgan fingerprint density at radius 2 is 2.00 bits per heavy atom. The zero-order valence-corrected chi connectivity index (χ0v) is 14.9. The normalized spacial score (nSPS) is 17.0. The second kappa shape index (κ2) is 9.75. The van der Waals surface area contributed by atoms with E-state index in [2.05, 4.69) is 38.1 Å². The molecule has 0 heterocycles. The molecule has 0 radical (unpaired) electrons. The van der Waals surface area contributed by atoms with E-state index >= 15 is 0 Å². The fourth-order valence-electron chi connectivity index (χ4n) is 3.58. The molecule has 1 saturated carbocycles. The van der Waals surface area contributed by atoms with Gasteiger partial charge in [-0.05, 0) is 42.7 Å². The summed E-state index contributed by atoms with van der Waals surface area (Å²) in [5.41, 5.74) is 2.56. The van der Waals surface area contributed by atoms with Crippen LogP contribution in [0.4, 0.5) is 0 Å². The second-order valence-electron chi connectivity index (χ2n) is 6.94. The molecule has 128 valence electrons. The molecule has 0 N–H and O–H groups in total. The van der Waals surface area contributed by atoms with Crippen LogP contribution in [0, 0.1) is 5.92 Å². The zero-order valence-electron chi connectivity index (χ0n) is 14.9. The van der Waals surface area contributed by atoms with Crippen molar-refractivity contribution in [3.63, 3.8) is 0 Å². The quantitative estimate of drug-likeness (QED) is 0.550. The van der Waals surface area contributed by atoms with Gasteiger partial charge in [0, 0.05) is 0 Å². The summed E-state index contributed by atoms with van der Waals surface area (Å²) in [5, 5.41) is 0. The molecule has 1 aliphatic rings. The van der Waals surface area contributed by atoms with Crippen LogP contribution in [-0.4, -0.2) is 5.97 Å². The molecule has 0 aliphatic heterocycles. The van der Waals surface area contributed by atoms with Crippen molar-refractivity contribution < 1.29 is 9.53 Å². The molecule has 1 fully saturated rings. The summed E-state index contributed by atoms with van der Waals surface area (Å²) in [6.45, 7) is 4.65. The highest BCUT2D eigenvalue weighted by Gasteiger charge is 2.18. The van der Waals surface area contributed by atoms with Gasteiger partial charge in [-0.3, -0.25) is 4.79 Å². The second-order valence-corrected chi connectivity index (χ2v) is 6.94. The summed E-state index contributed by atoms with van der Waals surface area (Å²) < 4.78 is 5.58. The van der Waals surface area contributed by atoms with E-state index in [0.717, 1.165) is 31.2 Å². The summed E-state index contributed by atoms with van der Waals surface area (Å²) >= 11 is 0. The van der Waals surface area contributed by atoms with Crippen LogP contribution in [0.3, 0.4) is 0 Å². The first-order chi connectivity index (χ1) is 11.2. The third kappa shape index (κ3) is 5.67. The predicted octanol–water partition coefficient (Wildman–Crippen LogP) is 5.99. The Kier molecular flexibility index (Phi) is 7.64. The number of carbonyl (C=O) groups is 1. The zero-order chi connectivity index (χ0) is 16.5. The lowest BCUT2D eigenvalue weighted by molar-refractivity contribution is -0.150. The lowest BCUT2D eigenvalue weighted by atomic mass is 9.84. The minimum Gasteiger partial charge on any atom is -0.461 e. The Hall–Kier alpha value is -1.31. The molecule has 0 bridgehead atoms. The number of carbonyl (C=O) groups excluding carboxylic acids is 1. The highest BCUT2D eigenvalue weighted by atomic mass is 16.5. The maximum Gasteiger partial charge on any atom is 0.309 e. The van der Waals surface area contributed by atoms with E-state index in [4.69, 9.17) is 4.74 Å². The average Bonchev–Trinajstić information content (AvgIpc) is 2.61. The standard InChI is InChI=1S/C21H32O2/c1-3-5-11-18(4-2)21(22)23-16-17-10-9-14-20(15-17)19-12-7-6-8-13-19/h9-10,14-15,18-19H,3-8,11-13,16H2,1-2H3. The monoisotopic (exact) mass is 316 g/mol.